The molecule has 3 nitrogen and oxygen atoms in total. The van der Waals surface area contributed by atoms with Gasteiger partial charge < -0.3 is 4.74 Å². The third kappa shape index (κ3) is 4.52. The van der Waals surface area contributed by atoms with Gasteiger partial charge >= 0.3 is 0 Å². The molecule has 0 N–H and O–H groups in total. The molecular weight excluding hydrogens is 279 g/mol. The number of ether oxygens (including phenoxy) is 1. The molecule has 0 atom stereocenters. The molecule has 0 unspecified atom stereocenters. The highest BCUT2D eigenvalue weighted by atomic mass is 19.1. The van der Waals surface area contributed by atoms with Crippen LogP contribution in [0.15, 0.2) is 30.5 Å². The van der Waals surface area contributed by atoms with Crippen molar-refractivity contribution in [2.75, 3.05) is 6.61 Å². The Morgan fingerprint density at radius 1 is 1.05 bits per heavy atom. The molecule has 1 aromatic heterocycles. The van der Waals surface area contributed by atoms with E-state index < -0.39 is 5.95 Å². The van der Waals surface area contributed by atoms with Crippen LogP contribution in [0.25, 0.3) is 11.4 Å². The third-order valence-corrected chi connectivity index (χ3v) is 3.46. The molecule has 0 aliphatic carbocycles. The van der Waals surface area contributed by atoms with Crippen LogP contribution in [0, 0.1) is 5.95 Å². The van der Waals surface area contributed by atoms with E-state index in [1.807, 2.05) is 31.2 Å². The molecule has 1 aromatic carbocycles. The standard InChI is InChI=1S/C18H23FN2O/c1-3-5-6-12-22-16-10-8-14(9-11-16)18-20-13-15(7-4-2)17(19)21-18/h8-11,13H,3-7,12H2,1-2H3. The number of nitrogens with zero attached hydrogens (tertiary/aromatic N) is 2. The number of benzene rings is 1. The van der Waals surface area contributed by atoms with Gasteiger partial charge in [0.05, 0.1) is 6.61 Å². The summed E-state index contributed by atoms with van der Waals surface area (Å²) in [5, 5.41) is 0. The summed E-state index contributed by atoms with van der Waals surface area (Å²) in [4.78, 5) is 8.21. The van der Waals surface area contributed by atoms with E-state index in [-0.39, 0.29) is 0 Å². The first-order valence-corrected chi connectivity index (χ1v) is 7.99. The average Bonchev–Trinajstić information content (AvgIpc) is 2.54. The van der Waals surface area contributed by atoms with E-state index in [9.17, 15) is 4.39 Å². The van der Waals surface area contributed by atoms with Crippen molar-refractivity contribution in [1.29, 1.82) is 0 Å². The van der Waals surface area contributed by atoms with Gasteiger partial charge in [-0.1, -0.05) is 33.1 Å². The predicted octanol–water partition coefficient (Wildman–Crippen LogP) is 4.80. The summed E-state index contributed by atoms with van der Waals surface area (Å²) in [7, 11) is 0. The molecule has 0 radical (unpaired) electrons. The van der Waals surface area contributed by atoms with Crippen molar-refractivity contribution in [3.8, 4) is 17.1 Å². The van der Waals surface area contributed by atoms with Crippen molar-refractivity contribution < 1.29 is 9.13 Å². The molecule has 0 saturated carbocycles. The summed E-state index contributed by atoms with van der Waals surface area (Å²) >= 11 is 0. The highest BCUT2D eigenvalue weighted by Gasteiger charge is 2.08. The zero-order chi connectivity index (χ0) is 15.8. The first kappa shape index (κ1) is 16.4. The van der Waals surface area contributed by atoms with Gasteiger partial charge in [-0.3, -0.25) is 0 Å². The van der Waals surface area contributed by atoms with Gasteiger partial charge in [-0.25, -0.2) is 4.98 Å². The number of unbranched alkanes of at least 4 members (excludes halogenated alkanes) is 2. The second kappa shape index (κ2) is 8.47. The zero-order valence-electron chi connectivity index (χ0n) is 13.3. The van der Waals surface area contributed by atoms with Crippen molar-refractivity contribution in [1.82, 2.24) is 9.97 Å². The van der Waals surface area contributed by atoms with Crippen LogP contribution in [0.1, 0.15) is 45.1 Å². The van der Waals surface area contributed by atoms with E-state index >= 15 is 0 Å². The van der Waals surface area contributed by atoms with E-state index in [0.29, 0.717) is 17.8 Å². The van der Waals surface area contributed by atoms with Crippen LogP contribution in [-0.2, 0) is 6.42 Å². The van der Waals surface area contributed by atoms with Crippen molar-refractivity contribution in [3.05, 3.63) is 42.0 Å². The molecule has 0 aliphatic heterocycles. The smallest absolute Gasteiger partial charge is 0.219 e. The number of halogens is 1. The van der Waals surface area contributed by atoms with Crippen LogP contribution in [0.2, 0.25) is 0 Å². The molecule has 0 fully saturated rings. The molecular formula is C18H23FN2O. The minimum atomic E-state index is -0.424. The maximum Gasteiger partial charge on any atom is 0.219 e. The summed E-state index contributed by atoms with van der Waals surface area (Å²) < 4.78 is 19.5. The van der Waals surface area contributed by atoms with Crippen molar-refractivity contribution in [2.45, 2.75) is 46.0 Å². The normalized spacial score (nSPS) is 10.7. The SMILES string of the molecule is CCCCCOc1ccc(-c2ncc(CCC)c(F)n2)cc1. The lowest BCUT2D eigenvalue weighted by molar-refractivity contribution is 0.306. The van der Waals surface area contributed by atoms with Gasteiger partial charge in [-0.05, 0) is 37.1 Å². The van der Waals surface area contributed by atoms with Crippen LogP contribution in [0.4, 0.5) is 4.39 Å². The molecule has 2 rings (SSSR count). The summed E-state index contributed by atoms with van der Waals surface area (Å²) in [6.07, 6.45) is 6.54. The molecule has 0 spiro atoms. The van der Waals surface area contributed by atoms with Crippen LogP contribution >= 0.6 is 0 Å². The Balaban J connectivity index is 2.02. The van der Waals surface area contributed by atoms with Gasteiger partial charge in [0.1, 0.15) is 5.75 Å². The van der Waals surface area contributed by atoms with Crippen LogP contribution in [0.5, 0.6) is 5.75 Å². The fourth-order valence-electron chi connectivity index (χ4n) is 2.20. The fraction of sp³-hybridized carbons (Fsp3) is 0.444. The molecule has 0 aliphatic rings. The van der Waals surface area contributed by atoms with Gasteiger partial charge in [0.2, 0.25) is 5.95 Å². The molecule has 118 valence electrons. The predicted molar refractivity (Wildman–Crippen MR) is 86.4 cm³/mol. The maximum absolute atomic E-state index is 13.9. The Labute approximate surface area is 131 Å². The van der Waals surface area contributed by atoms with E-state index in [4.69, 9.17) is 4.74 Å². The van der Waals surface area contributed by atoms with E-state index in [1.165, 1.54) is 12.8 Å². The van der Waals surface area contributed by atoms with Crippen molar-refractivity contribution >= 4 is 0 Å². The van der Waals surface area contributed by atoms with Gasteiger partial charge in [-0.15, -0.1) is 0 Å². The summed E-state index contributed by atoms with van der Waals surface area (Å²) in [6, 6.07) is 7.48. The molecule has 0 amide bonds. The van der Waals surface area contributed by atoms with Gasteiger partial charge in [0.25, 0.3) is 0 Å². The second-order valence-electron chi connectivity index (χ2n) is 5.34. The lowest BCUT2D eigenvalue weighted by Crippen LogP contribution is -1.99. The van der Waals surface area contributed by atoms with E-state index in [2.05, 4.69) is 16.9 Å². The van der Waals surface area contributed by atoms with Crippen molar-refractivity contribution in [2.24, 2.45) is 0 Å². The zero-order valence-corrected chi connectivity index (χ0v) is 13.3. The number of rotatable bonds is 8. The maximum atomic E-state index is 13.9. The third-order valence-electron chi connectivity index (χ3n) is 3.46. The van der Waals surface area contributed by atoms with Gasteiger partial charge in [0, 0.05) is 17.3 Å². The number of hydrogen-bond donors (Lipinski definition) is 0. The molecule has 0 saturated heterocycles. The summed E-state index contributed by atoms with van der Waals surface area (Å²) in [5.74, 6) is 0.810. The summed E-state index contributed by atoms with van der Waals surface area (Å²) in [5.41, 5.74) is 1.37. The Morgan fingerprint density at radius 2 is 1.82 bits per heavy atom. The minimum absolute atomic E-state index is 0.412. The van der Waals surface area contributed by atoms with Gasteiger partial charge in [-0.2, -0.15) is 9.37 Å². The molecule has 1 heterocycles. The number of aromatic nitrogens is 2. The number of hydrogen-bond acceptors (Lipinski definition) is 3. The van der Waals surface area contributed by atoms with Crippen molar-refractivity contribution in [3.63, 3.8) is 0 Å². The van der Waals surface area contributed by atoms with Crippen LogP contribution in [-0.4, -0.2) is 16.6 Å². The van der Waals surface area contributed by atoms with E-state index in [1.54, 1.807) is 6.20 Å². The largest absolute Gasteiger partial charge is 0.494 e. The Morgan fingerprint density at radius 3 is 2.45 bits per heavy atom. The first-order valence-electron chi connectivity index (χ1n) is 7.99. The Hall–Kier alpha value is -1.97. The molecule has 4 heteroatoms. The van der Waals surface area contributed by atoms with Gasteiger partial charge in [0.15, 0.2) is 5.82 Å². The Kier molecular flexibility index (Phi) is 6.31. The molecule has 22 heavy (non-hydrogen) atoms. The monoisotopic (exact) mass is 302 g/mol. The number of aryl methyl sites for hydroxylation is 1. The molecule has 0 bridgehead atoms. The topological polar surface area (TPSA) is 35.0 Å². The average molecular weight is 302 g/mol. The Bertz CT molecular complexity index is 584. The lowest BCUT2D eigenvalue weighted by Gasteiger charge is -2.07. The minimum Gasteiger partial charge on any atom is -0.494 e. The first-order chi connectivity index (χ1) is 10.7. The van der Waals surface area contributed by atoms with Crippen LogP contribution in [0.3, 0.4) is 0 Å². The fourth-order valence-corrected chi connectivity index (χ4v) is 2.20. The highest BCUT2D eigenvalue weighted by molar-refractivity contribution is 5.56. The van der Waals surface area contributed by atoms with Crippen LogP contribution < -0.4 is 4.74 Å². The second-order valence-corrected chi connectivity index (χ2v) is 5.34. The quantitative estimate of drug-likeness (QED) is 0.519. The summed E-state index contributed by atoms with van der Waals surface area (Å²) in [6.45, 7) is 4.90. The highest BCUT2D eigenvalue weighted by Crippen LogP contribution is 2.20. The van der Waals surface area contributed by atoms with E-state index in [0.717, 1.165) is 30.8 Å². The lowest BCUT2D eigenvalue weighted by atomic mass is 10.1. The molecule has 2 aromatic rings.